The lowest BCUT2D eigenvalue weighted by molar-refractivity contribution is -0.130. The van der Waals surface area contributed by atoms with Crippen LogP contribution in [-0.4, -0.2) is 36.1 Å². The quantitative estimate of drug-likeness (QED) is 0.875. The highest BCUT2D eigenvalue weighted by Crippen LogP contribution is 2.16. The van der Waals surface area contributed by atoms with Crippen LogP contribution < -0.4 is 0 Å². The molecule has 18 heavy (non-hydrogen) atoms. The van der Waals surface area contributed by atoms with E-state index < -0.39 is 0 Å². The van der Waals surface area contributed by atoms with E-state index in [4.69, 9.17) is 5.11 Å². The van der Waals surface area contributed by atoms with Gasteiger partial charge in [0, 0.05) is 31.1 Å². The van der Waals surface area contributed by atoms with Gasteiger partial charge in [-0.25, -0.2) is 4.39 Å². The fraction of sp³-hybridized carbons (Fsp3) is 0.462. The van der Waals surface area contributed by atoms with Gasteiger partial charge in [-0.05, 0) is 36.6 Å². The summed E-state index contributed by atoms with van der Waals surface area (Å²) in [5.74, 6) is -0.283. The Morgan fingerprint density at radius 3 is 2.89 bits per heavy atom. The minimum atomic E-state index is -0.255. The lowest BCUT2D eigenvalue weighted by atomic mass is 10.1. The van der Waals surface area contributed by atoms with Crippen molar-refractivity contribution < 1.29 is 14.3 Å². The largest absolute Gasteiger partial charge is 0.396 e. The van der Waals surface area contributed by atoms with Crippen molar-refractivity contribution in [3.63, 3.8) is 0 Å². The summed E-state index contributed by atoms with van der Waals surface area (Å²) in [4.78, 5) is 13.2. The fourth-order valence-corrected chi connectivity index (χ4v) is 1.98. The molecule has 0 aliphatic carbocycles. The molecule has 1 N–H and O–H groups in total. The number of rotatable bonds is 6. The minimum Gasteiger partial charge on any atom is -0.396 e. The first-order valence-electron chi connectivity index (χ1n) is 5.83. The maximum atomic E-state index is 13.5. The molecule has 0 radical (unpaired) electrons. The summed E-state index contributed by atoms with van der Waals surface area (Å²) in [6.45, 7) is 0.484. The number of hydrogen-bond acceptors (Lipinski definition) is 2. The molecular formula is C13H17BrFNO2. The van der Waals surface area contributed by atoms with E-state index in [9.17, 15) is 9.18 Å². The predicted octanol–water partition coefficient (Wildman–Crippen LogP) is 2.36. The Hall–Kier alpha value is -0.940. The van der Waals surface area contributed by atoms with Gasteiger partial charge in [0.25, 0.3) is 0 Å². The Balaban J connectivity index is 2.49. The lowest BCUT2D eigenvalue weighted by Gasteiger charge is -2.17. The molecule has 0 atom stereocenters. The van der Waals surface area contributed by atoms with Crippen molar-refractivity contribution in [3.8, 4) is 0 Å². The van der Waals surface area contributed by atoms with Crippen molar-refractivity contribution in [3.05, 3.63) is 34.1 Å². The van der Waals surface area contributed by atoms with Crippen LogP contribution >= 0.6 is 15.9 Å². The summed E-state index contributed by atoms with van der Waals surface area (Å²) >= 11 is 3.29. The van der Waals surface area contributed by atoms with Crippen molar-refractivity contribution in [2.45, 2.75) is 19.3 Å². The molecule has 1 aromatic rings. The van der Waals surface area contributed by atoms with E-state index in [0.29, 0.717) is 31.4 Å². The zero-order chi connectivity index (χ0) is 13.5. The van der Waals surface area contributed by atoms with Crippen LogP contribution in [0.15, 0.2) is 22.7 Å². The highest BCUT2D eigenvalue weighted by molar-refractivity contribution is 9.10. The number of likely N-dealkylation sites (N-methyl/N-ethyl adjacent to an activating group) is 1. The molecule has 0 bridgehead atoms. The SMILES string of the molecule is CN(CCc1cc(Br)ccc1F)C(=O)CCCO. The second-order valence-electron chi connectivity index (χ2n) is 4.13. The summed E-state index contributed by atoms with van der Waals surface area (Å²) in [6, 6.07) is 4.78. The van der Waals surface area contributed by atoms with E-state index >= 15 is 0 Å². The zero-order valence-corrected chi connectivity index (χ0v) is 11.9. The number of carbonyl (C=O) groups excluding carboxylic acids is 1. The first-order chi connectivity index (χ1) is 8.54. The van der Waals surface area contributed by atoms with Gasteiger partial charge in [0.1, 0.15) is 5.82 Å². The summed E-state index contributed by atoms with van der Waals surface area (Å²) in [6.07, 6.45) is 1.27. The normalized spacial score (nSPS) is 10.4. The third kappa shape index (κ3) is 4.74. The number of aliphatic hydroxyl groups excluding tert-OH is 1. The summed E-state index contributed by atoms with van der Waals surface area (Å²) in [5.41, 5.74) is 0.589. The lowest BCUT2D eigenvalue weighted by Crippen LogP contribution is -2.28. The van der Waals surface area contributed by atoms with Gasteiger partial charge in [0.2, 0.25) is 5.91 Å². The highest BCUT2D eigenvalue weighted by atomic mass is 79.9. The Labute approximate surface area is 115 Å². The van der Waals surface area contributed by atoms with Gasteiger partial charge in [-0.3, -0.25) is 4.79 Å². The molecule has 0 saturated heterocycles. The van der Waals surface area contributed by atoms with Crippen molar-refractivity contribution in [2.24, 2.45) is 0 Å². The molecule has 1 aromatic carbocycles. The van der Waals surface area contributed by atoms with Crippen LogP contribution in [0.2, 0.25) is 0 Å². The molecular weight excluding hydrogens is 301 g/mol. The second-order valence-corrected chi connectivity index (χ2v) is 5.04. The predicted molar refractivity (Wildman–Crippen MR) is 71.8 cm³/mol. The smallest absolute Gasteiger partial charge is 0.222 e. The van der Waals surface area contributed by atoms with Gasteiger partial charge in [-0.2, -0.15) is 0 Å². The topological polar surface area (TPSA) is 40.5 Å². The number of nitrogens with zero attached hydrogens (tertiary/aromatic N) is 1. The molecule has 0 aliphatic heterocycles. The molecule has 1 amide bonds. The third-order valence-corrected chi connectivity index (χ3v) is 3.19. The van der Waals surface area contributed by atoms with Crippen LogP contribution in [0.1, 0.15) is 18.4 Å². The maximum absolute atomic E-state index is 13.5. The van der Waals surface area contributed by atoms with E-state index in [1.165, 1.54) is 6.07 Å². The maximum Gasteiger partial charge on any atom is 0.222 e. The average Bonchev–Trinajstić information content (AvgIpc) is 2.36. The van der Waals surface area contributed by atoms with Crippen molar-refractivity contribution in [1.29, 1.82) is 0 Å². The van der Waals surface area contributed by atoms with E-state index in [1.54, 1.807) is 24.1 Å². The molecule has 1 rings (SSSR count). The molecule has 100 valence electrons. The zero-order valence-electron chi connectivity index (χ0n) is 10.3. The number of carbonyl (C=O) groups is 1. The van der Waals surface area contributed by atoms with Crippen LogP contribution in [-0.2, 0) is 11.2 Å². The van der Waals surface area contributed by atoms with E-state index in [0.717, 1.165) is 4.47 Å². The van der Waals surface area contributed by atoms with Gasteiger partial charge < -0.3 is 10.0 Å². The van der Waals surface area contributed by atoms with Crippen molar-refractivity contribution in [2.75, 3.05) is 20.2 Å². The van der Waals surface area contributed by atoms with E-state index in [1.807, 2.05) is 0 Å². The first kappa shape index (κ1) is 15.1. The summed E-state index contributed by atoms with van der Waals surface area (Å²) in [7, 11) is 1.69. The standard InChI is InChI=1S/C13H17BrFNO2/c1-16(13(18)3-2-8-17)7-6-10-9-11(14)4-5-12(10)15/h4-5,9,17H,2-3,6-8H2,1H3. The van der Waals surface area contributed by atoms with Crippen LogP contribution in [0, 0.1) is 5.82 Å². The average molecular weight is 318 g/mol. The third-order valence-electron chi connectivity index (χ3n) is 2.70. The molecule has 0 unspecified atom stereocenters. The Kier molecular flexibility index (Phi) is 6.29. The highest BCUT2D eigenvalue weighted by Gasteiger charge is 2.09. The summed E-state index contributed by atoms with van der Waals surface area (Å²) in [5, 5.41) is 8.65. The van der Waals surface area contributed by atoms with Gasteiger partial charge in [0.15, 0.2) is 0 Å². The van der Waals surface area contributed by atoms with E-state index in [2.05, 4.69) is 15.9 Å². The molecule has 0 fully saturated rings. The molecule has 0 saturated carbocycles. The number of amides is 1. The fourth-order valence-electron chi connectivity index (χ4n) is 1.57. The molecule has 0 heterocycles. The number of benzene rings is 1. The Bertz CT molecular complexity index is 412. The second kappa shape index (κ2) is 7.48. The molecule has 5 heteroatoms. The first-order valence-corrected chi connectivity index (χ1v) is 6.62. The van der Waals surface area contributed by atoms with Gasteiger partial charge >= 0.3 is 0 Å². The van der Waals surface area contributed by atoms with Crippen LogP contribution in [0.5, 0.6) is 0 Å². The molecule has 0 aliphatic rings. The van der Waals surface area contributed by atoms with Gasteiger partial charge in [-0.1, -0.05) is 15.9 Å². The number of aliphatic hydroxyl groups is 1. The van der Waals surface area contributed by atoms with Crippen LogP contribution in [0.25, 0.3) is 0 Å². The minimum absolute atomic E-state index is 0.0137. The number of halogens is 2. The molecule has 0 aromatic heterocycles. The summed E-state index contributed by atoms with van der Waals surface area (Å²) < 4.78 is 14.3. The van der Waals surface area contributed by atoms with Crippen LogP contribution in [0.4, 0.5) is 4.39 Å². The van der Waals surface area contributed by atoms with Crippen molar-refractivity contribution in [1.82, 2.24) is 4.90 Å². The number of hydrogen-bond donors (Lipinski definition) is 1. The van der Waals surface area contributed by atoms with Gasteiger partial charge in [0.05, 0.1) is 0 Å². The van der Waals surface area contributed by atoms with Crippen LogP contribution in [0.3, 0.4) is 0 Å². The Morgan fingerprint density at radius 1 is 1.50 bits per heavy atom. The van der Waals surface area contributed by atoms with Crippen molar-refractivity contribution >= 4 is 21.8 Å². The van der Waals surface area contributed by atoms with Gasteiger partial charge in [-0.15, -0.1) is 0 Å². The molecule has 3 nitrogen and oxygen atoms in total. The Morgan fingerprint density at radius 2 is 2.22 bits per heavy atom. The monoisotopic (exact) mass is 317 g/mol. The molecule has 0 spiro atoms. The van der Waals surface area contributed by atoms with E-state index in [-0.39, 0.29) is 18.3 Å².